The second kappa shape index (κ2) is 9.70. The van der Waals surface area contributed by atoms with Gasteiger partial charge in [-0.2, -0.15) is 0 Å². The van der Waals surface area contributed by atoms with Crippen LogP contribution in [0.25, 0.3) is 11.1 Å². The van der Waals surface area contributed by atoms with E-state index in [9.17, 15) is 19.5 Å². The summed E-state index contributed by atoms with van der Waals surface area (Å²) >= 11 is 1.42. The highest BCUT2D eigenvalue weighted by Crippen LogP contribution is 2.44. The number of nitrogens with one attached hydrogen (secondary N) is 1. The van der Waals surface area contributed by atoms with Crippen LogP contribution in [-0.2, 0) is 14.3 Å². The molecule has 0 radical (unpaired) electrons. The lowest BCUT2D eigenvalue weighted by molar-refractivity contribution is -0.148. The molecule has 2 amide bonds. The largest absolute Gasteiger partial charge is 0.480 e. The summed E-state index contributed by atoms with van der Waals surface area (Å²) in [6.07, 6.45) is -0.571. The highest BCUT2D eigenvalue weighted by Gasteiger charge is 2.38. The second-order valence-electron chi connectivity index (χ2n) is 9.81. The quantitative estimate of drug-likeness (QED) is 0.637. The fourth-order valence-electron chi connectivity index (χ4n) is 4.54. The number of nitrogens with zero attached hydrogens (tertiary/aromatic N) is 1. The van der Waals surface area contributed by atoms with Crippen molar-refractivity contribution in [2.24, 2.45) is 5.41 Å². The molecule has 0 spiro atoms. The topological polar surface area (TPSA) is 95.9 Å². The van der Waals surface area contributed by atoms with Crippen molar-refractivity contribution in [1.82, 2.24) is 10.2 Å². The van der Waals surface area contributed by atoms with E-state index >= 15 is 0 Å². The Morgan fingerprint density at radius 3 is 2.24 bits per heavy atom. The summed E-state index contributed by atoms with van der Waals surface area (Å²) in [7, 11) is 0. The van der Waals surface area contributed by atoms with Crippen LogP contribution in [0.5, 0.6) is 0 Å². The van der Waals surface area contributed by atoms with Gasteiger partial charge in [-0.1, -0.05) is 69.3 Å². The van der Waals surface area contributed by atoms with E-state index in [1.807, 2.05) is 45.0 Å². The third kappa shape index (κ3) is 4.92. The maximum Gasteiger partial charge on any atom is 0.407 e. The van der Waals surface area contributed by atoms with Gasteiger partial charge in [-0.25, -0.2) is 9.59 Å². The molecular weight excluding hydrogens is 452 g/mol. The van der Waals surface area contributed by atoms with Crippen molar-refractivity contribution in [2.45, 2.75) is 45.2 Å². The van der Waals surface area contributed by atoms with Crippen LogP contribution in [0.3, 0.4) is 0 Å². The van der Waals surface area contributed by atoms with Crippen molar-refractivity contribution in [3.63, 3.8) is 0 Å². The van der Waals surface area contributed by atoms with Gasteiger partial charge in [0, 0.05) is 24.1 Å². The zero-order valence-electron chi connectivity index (χ0n) is 19.6. The molecule has 7 nitrogen and oxygen atoms in total. The summed E-state index contributed by atoms with van der Waals surface area (Å²) in [5.41, 5.74) is 4.14. The summed E-state index contributed by atoms with van der Waals surface area (Å²) in [5, 5.41) is 12.3. The monoisotopic (exact) mass is 482 g/mol. The van der Waals surface area contributed by atoms with Gasteiger partial charge >= 0.3 is 12.1 Å². The number of alkyl carbamates (subject to hydrolysis) is 1. The number of hydrogen-bond acceptors (Lipinski definition) is 5. The van der Waals surface area contributed by atoms with E-state index in [0.29, 0.717) is 11.6 Å². The molecule has 1 aliphatic heterocycles. The van der Waals surface area contributed by atoms with E-state index in [1.54, 1.807) is 0 Å². The standard InChI is InChI=1S/C26H30N2O5S/c1-26(2,3)22(12-23(29)28-15-34-14-21(28)24(30)31)27-25(32)33-13-20-18-10-6-4-8-16(18)17-9-5-7-11-19(17)20/h4-11,20-22H,12-15H2,1-3H3,(H,27,32)(H,30,31)/t21-,22?/m0/s1. The van der Waals surface area contributed by atoms with E-state index in [1.165, 1.54) is 16.7 Å². The molecule has 1 fully saturated rings. The summed E-state index contributed by atoms with van der Waals surface area (Å²) in [4.78, 5) is 38.5. The first-order valence-electron chi connectivity index (χ1n) is 11.4. The minimum absolute atomic E-state index is 0.0119. The molecule has 2 aliphatic rings. The third-order valence-corrected chi connectivity index (χ3v) is 7.56. The number of carbonyl (C=O) groups excluding carboxylic acids is 2. The molecule has 0 saturated carbocycles. The molecule has 0 aromatic heterocycles. The molecule has 2 atom stereocenters. The Labute approximate surface area is 203 Å². The summed E-state index contributed by atoms with van der Waals surface area (Å²) < 4.78 is 5.66. The number of aliphatic carboxylic acids is 1. The van der Waals surface area contributed by atoms with Crippen LogP contribution in [0, 0.1) is 5.41 Å². The number of ether oxygens (including phenoxy) is 1. The van der Waals surface area contributed by atoms with Crippen LogP contribution < -0.4 is 5.32 Å². The average Bonchev–Trinajstić information content (AvgIpc) is 3.40. The maximum absolute atomic E-state index is 12.9. The maximum atomic E-state index is 12.9. The molecule has 2 aromatic rings. The van der Waals surface area contributed by atoms with Crippen molar-refractivity contribution in [3.8, 4) is 11.1 Å². The third-order valence-electron chi connectivity index (χ3n) is 6.55. The van der Waals surface area contributed by atoms with Gasteiger partial charge in [0.15, 0.2) is 0 Å². The minimum atomic E-state index is -1.00. The zero-order chi connectivity index (χ0) is 24.5. The van der Waals surface area contributed by atoms with E-state index < -0.39 is 29.6 Å². The van der Waals surface area contributed by atoms with E-state index in [4.69, 9.17) is 4.74 Å². The number of carboxylic acids is 1. The van der Waals surface area contributed by atoms with Crippen LogP contribution in [0.15, 0.2) is 48.5 Å². The summed E-state index contributed by atoms with van der Waals surface area (Å²) in [6.45, 7) is 5.99. The van der Waals surface area contributed by atoms with Crippen LogP contribution in [0.4, 0.5) is 4.79 Å². The van der Waals surface area contributed by atoms with Gasteiger partial charge in [0.2, 0.25) is 5.91 Å². The van der Waals surface area contributed by atoms with Gasteiger partial charge in [0.25, 0.3) is 0 Å². The Morgan fingerprint density at radius 2 is 1.68 bits per heavy atom. The number of fused-ring (bicyclic) bond motifs is 3. The molecule has 2 N–H and O–H groups in total. The molecule has 1 heterocycles. The molecule has 34 heavy (non-hydrogen) atoms. The number of benzene rings is 2. The fraction of sp³-hybridized carbons (Fsp3) is 0.423. The lowest BCUT2D eigenvalue weighted by atomic mass is 9.84. The smallest absolute Gasteiger partial charge is 0.407 e. The Balaban J connectivity index is 1.41. The Morgan fingerprint density at radius 1 is 1.09 bits per heavy atom. The highest BCUT2D eigenvalue weighted by atomic mass is 32.2. The predicted molar refractivity (Wildman–Crippen MR) is 132 cm³/mol. The predicted octanol–water partition coefficient (Wildman–Crippen LogP) is 4.32. The van der Waals surface area contributed by atoms with Gasteiger partial charge in [0.05, 0.1) is 5.88 Å². The first kappa shape index (κ1) is 24.1. The minimum Gasteiger partial charge on any atom is -0.480 e. The van der Waals surface area contributed by atoms with Gasteiger partial charge in [-0.3, -0.25) is 4.79 Å². The number of thioether (sulfide) groups is 1. The Hall–Kier alpha value is -3.00. The first-order valence-corrected chi connectivity index (χ1v) is 12.5. The normalized spacial score (nSPS) is 18.2. The Bertz CT molecular complexity index is 1050. The molecule has 4 rings (SSSR count). The molecule has 180 valence electrons. The molecule has 1 unspecified atom stereocenters. The number of amides is 2. The van der Waals surface area contributed by atoms with Crippen molar-refractivity contribution < 1.29 is 24.2 Å². The number of hydrogen-bond donors (Lipinski definition) is 2. The van der Waals surface area contributed by atoms with Gasteiger partial charge < -0.3 is 20.1 Å². The van der Waals surface area contributed by atoms with Gasteiger partial charge in [-0.15, -0.1) is 11.8 Å². The van der Waals surface area contributed by atoms with Crippen molar-refractivity contribution in [1.29, 1.82) is 0 Å². The van der Waals surface area contributed by atoms with Crippen molar-refractivity contribution in [2.75, 3.05) is 18.2 Å². The second-order valence-corrected chi connectivity index (χ2v) is 10.8. The lowest BCUT2D eigenvalue weighted by Gasteiger charge is -2.32. The van der Waals surface area contributed by atoms with Crippen LogP contribution >= 0.6 is 11.8 Å². The van der Waals surface area contributed by atoms with Crippen LogP contribution in [0.2, 0.25) is 0 Å². The zero-order valence-corrected chi connectivity index (χ0v) is 20.4. The Kier molecular flexibility index (Phi) is 6.89. The van der Waals surface area contributed by atoms with Crippen molar-refractivity contribution >= 4 is 29.7 Å². The van der Waals surface area contributed by atoms with Crippen molar-refractivity contribution in [3.05, 3.63) is 59.7 Å². The number of carbonyl (C=O) groups is 3. The molecular formula is C26H30N2O5S. The molecule has 2 aromatic carbocycles. The van der Waals surface area contributed by atoms with E-state index in [-0.39, 0.29) is 24.9 Å². The number of carboxylic acid groups (broad SMARTS) is 1. The summed E-state index contributed by atoms with van der Waals surface area (Å²) in [5.74, 6) is -0.615. The molecule has 0 bridgehead atoms. The fourth-order valence-corrected chi connectivity index (χ4v) is 5.71. The molecule has 1 aliphatic carbocycles. The van der Waals surface area contributed by atoms with Crippen LogP contribution in [-0.4, -0.2) is 58.3 Å². The van der Waals surface area contributed by atoms with Gasteiger partial charge in [0.1, 0.15) is 12.6 Å². The SMILES string of the molecule is CC(C)(C)C(CC(=O)N1CSC[C@H]1C(=O)O)NC(=O)OCC1c2ccccc2-c2ccccc21. The first-order chi connectivity index (χ1) is 16.2. The molecule has 8 heteroatoms. The lowest BCUT2D eigenvalue weighted by Crippen LogP contribution is -2.49. The van der Waals surface area contributed by atoms with E-state index in [0.717, 1.165) is 22.3 Å². The highest BCUT2D eigenvalue weighted by molar-refractivity contribution is 7.99. The van der Waals surface area contributed by atoms with E-state index in [2.05, 4.69) is 29.6 Å². The van der Waals surface area contributed by atoms with Crippen LogP contribution in [0.1, 0.15) is 44.2 Å². The number of rotatable bonds is 6. The average molecular weight is 483 g/mol. The summed E-state index contributed by atoms with van der Waals surface area (Å²) in [6, 6.07) is 14.9. The van der Waals surface area contributed by atoms with Gasteiger partial charge in [-0.05, 0) is 27.7 Å². The molecule has 1 saturated heterocycles.